The van der Waals surface area contributed by atoms with Crippen LogP contribution in [-0.4, -0.2) is 34.8 Å². The lowest BCUT2D eigenvalue weighted by Gasteiger charge is -2.20. The molecule has 9 heteroatoms. The minimum Gasteiger partial charge on any atom is -0.350 e. The van der Waals surface area contributed by atoms with Crippen molar-refractivity contribution in [3.05, 3.63) is 35.4 Å². The molecular formula is C17H18F3N3O3. The van der Waals surface area contributed by atoms with Crippen molar-refractivity contribution in [3.63, 3.8) is 0 Å². The number of rotatable bonds is 5. The Morgan fingerprint density at radius 1 is 1.35 bits per heavy atom. The van der Waals surface area contributed by atoms with Crippen LogP contribution < -0.4 is 10.6 Å². The van der Waals surface area contributed by atoms with E-state index in [0.29, 0.717) is 0 Å². The van der Waals surface area contributed by atoms with Crippen LogP contribution in [0.4, 0.5) is 18.0 Å². The van der Waals surface area contributed by atoms with Crippen molar-refractivity contribution in [2.45, 2.75) is 38.0 Å². The van der Waals surface area contributed by atoms with Gasteiger partial charge in [0.1, 0.15) is 12.1 Å². The highest BCUT2D eigenvalue weighted by atomic mass is 19.4. The van der Waals surface area contributed by atoms with E-state index in [1.165, 1.54) is 12.1 Å². The summed E-state index contributed by atoms with van der Waals surface area (Å²) in [6.07, 6.45) is -2.77. The second-order valence-corrected chi connectivity index (χ2v) is 6.77. The number of benzene rings is 1. The normalized spacial score (nSPS) is 23.2. The number of alkyl halides is 3. The van der Waals surface area contributed by atoms with Gasteiger partial charge in [0, 0.05) is 6.54 Å². The molecule has 1 saturated heterocycles. The Morgan fingerprint density at radius 2 is 2.04 bits per heavy atom. The molecular weight excluding hydrogens is 351 g/mol. The van der Waals surface area contributed by atoms with Crippen LogP contribution in [0, 0.1) is 5.92 Å². The van der Waals surface area contributed by atoms with Gasteiger partial charge >= 0.3 is 12.2 Å². The predicted octanol–water partition coefficient (Wildman–Crippen LogP) is 2.04. The number of hydrogen-bond acceptors (Lipinski definition) is 3. The fourth-order valence-corrected chi connectivity index (χ4v) is 3.05. The van der Waals surface area contributed by atoms with Crippen molar-refractivity contribution in [2.75, 3.05) is 6.54 Å². The highest BCUT2D eigenvalue weighted by Crippen LogP contribution is 2.42. The van der Waals surface area contributed by atoms with Crippen molar-refractivity contribution in [1.29, 1.82) is 0 Å². The van der Waals surface area contributed by atoms with Gasteiger partial charge in [-0.15, -0.1) is 0 Å². The zero-order valence-corrected chi connectivity index (χ0v) is 14.0. The van der Waals surface area contributed by atoms with Crippen molar-refractivity contribution in [3.8, 4) is 0 Å². The summed E-state index contributed by atoms with van der Waals surface area (Å²) in [4.78, 5) is 37.3. The van der Waals surface area contributed by atoms with E-state index in [9.17, 15) is 27.6 Å². The zero-order valence-electron chi connectivity index (χ0n) is 14.0. The predicted molar refractivity (Wildman–Crippen MR) is 84.7 cm³/mol. The van der Waals surface area contributed by atoms with Gasteiger partial charge in [-0.1, -0.05) is 12.1 Å². The van der Waals surface area contributed by atoms with Crippen LogP contribution in [0.5, 0.6) is 0 Å². The number of hydrogen-bond donors (Lipinski definition) is 2. The summed E-state index contributed by atoms with van der Waals surface area (Å²) in [6.45, 7) is 1.05. The number of imide groups is 1. The third-order valence-corrected chi connectivity index (χ3v) is 4.74. The molecule has 1 aliphatic heterocycles. The molecule has 1 aromatic carbocycles. The number of urea groups is 1. The van der Waals surface area contributed by atoms with E-state index in [-0.39, 0.29) is 18.0 Å². The summed E-state index contributed by atoms with van der Waals surface area (Å²) >= 11 is 0. The summed E-state index contributed by atoms with van der Waals surface area (Å²) in [5, 5.41) is 5.07. The average molecular weight is 369 g/mol. The summed E-state index contributed by atoms with van der Waals surface area (Å²) in [5.74, 6) is -0.984. The molecule has 6 nitrogen and oxygen atoms in total. The minimum atomic E-state index is -4.46. The van der Waals surface area contributed by atoms with E-state index in [1.807, 2.05) is 0 Å². The molecule has 3 rings (SSSR count). The number of halogens is 3. The smallest absolute Gasteiger partial charge is 0.350 e. The lowest BCUT2D eigenvalue weighted by atomic mass is 9.96. The topological polar surface area (TPSA) is 78.5 Å². The van der Waals surface area contributed by atoms with Gasteiger partial charge in [-0.05, 0) is 43.4 Å². The first-order chi connectivity index (χ1) is 12.1. The van der Waals surface area contributed by atoms with Gasteiger partial charge in [-0.3, -0.25) is 14.5 Å². The Bertz CT molecular complexity index is 761. The fraction of sp³-hybridized carbons (Fsp3) is 0.471. The van der Waals surface area contributed by atoms with Gasteiger partial charge in [0.15, 0.2) is 0 Å². The van der Waals surface area contributed by atoms with Crippen LogP contribution in [0.25, 0.3) is 0 Å². The molecule has 1 heterocycles. The summed E-state index contributed by atoms with van der Waals surface area (Å²) in [6, 6.07) is 3.96. The summed E-state index contributed by atoms with van der Waals surface area (Å²) in [7, 11) is 0. The second-order valence-electron chi connectivity index (χ2n) is 6.77. The zero-order chi connectivity index (χ0) is 19.1. The number of carbonyl (C=O) groups excluding carboxylic acids is 3. The standard InChI is InChI=1S/C17H18F3N3O3/c1-16(11-5-6-11)14(25)23(15(26)22-16)9-13(24)21-8-10-3-2-4-12(7-10)17(18,19)20/h2-4,7,11H,5-6,8-9H2,1H3,(H,21,24)(H,22,26)/t16-/m0/s1. The molecule has 1 saturated carbocycles. The lowest BCUT2D eigenvalue weighted by molar-refractivity contribution is -0.137. The van der Waals surface area contributed by atoms with Crippen LogP contribution in [-0.2, 0) is 22.3 Å². The Balaban J connectivity index is 1.58. The Labute approximate surface area is 147 Å². The number of nitrogens with zero attached hydrogens (tertiary/aromatic N) is 1. The number of amides is 4. The lowest BCUT2D eigenvalue weighted by Crippen LogP contribution is -2.46. The second kappa shape index (κ2) is 6.30. The molecule has 140 valence electrons. The highest BCUT2D eigenvalue weighted by molar-refractivity contribution is 6.09. The molecule has 2 fully saturated rings. The van der Waals surface area contributed by atoms with E-state index >= 15 is 0 Å². The molecule has 0 unspecified atom stereocenters. The quantitative estimate of drug-likeness (QED) is 0.780. The summed E-state index contributed by atoms with van der Waals surface area (Å²) < 4.78 is 38.1. The van der Waals surface area contributed by atoms with Gasteiger partial charge in [0.05, 0.1) is 5.56 Å². The van der Waals surface area contributed by atoms with E-state index < -0.39 is 41.7 Å². The van der Waals surface area contributed by atoms with Crippen molar-refractivity contribution >= 4 is 17.8 Å². The first kappa shape index (κ1) is 18.2. The van der Waals surface area contributed by atoms with Crippen LogP contribution >= 0.6 is 0 Å². The molecule has 2 aliphatic rings. The first-order valence-electron chi connectivity index (χ1n) is 8.18. The van der Waals surface area contributed by atoms with E-state index in [0.717, 1.165) is 29.9 Å². The van der Waals surface area contributed by atoms with Gasteiger partial charge in [0.25, 0.3) is 5.91 Å². The van der Waals surface area contributed by atoms with E-state index in [1.54, 1.807) is 6.92 Å². The molecule has 4 amide bonds. The van der Waals surface area contributed by atoms with E-state index in [2.05, 4.69) is 10.6 Å². The monoisotopic (exact) mass is 369 g/mol. The maximum absolute atomic E-state index is 12.7. The SMILES string of the molecule is C[C@@]1(C2CC2)NC(=O)N(CC(=O)NCc2cccc(C(F)(F)F)c2)C1=O. The van der Waals surface area contributed by atoms with Gasteiger partial charge in [0.2, 0.25) is 5.91 Å². The van der Waals surface area contributed by atoms with Gasteiger partial charge < -0.3 is 10.6 Å². The molecule has 0 aromatic heterocycles. The first-order valence-corrected chi connectivity index (χ1v) is 8.18. The molecule has 0 bridgehead atoms. The fourth-order valence-electron chi connectivity index (χ4n) is 3.05. The van der Waals surface area contributed by atoms with Crippen molar-refractivity contribution < 1.29 is 27.6 Å². The Morgan fingerprint density at radius 3 is 2.65 bits per heavy atom. The molecule has 0 spiro atoms. The Kier molecular flexibility index (Phi) is 4.41. The highest BCUT2D eigenvalue weighted by Gasteiger charge is 2.56. The molecule has 0 radical (unpaired) electrons. The van der Waals surface area contributed by atoms with E-state index in [4.69, 9.17) is 0 Å². The molecule has 26 heavy (non-hydrogen) atoms. The third kappa shape index (κ3) is 3.51. The van der Waals surface area contributed by atoms with Crippen molar-refractivity contribution in [1.82, 2.24) is 15.5 Å². The Hall–Kier alpha value is -2.58. The molecule has 2 N–H and O–H groups in total. The van der Waals surface area contributed by atoms with Gasteiger partial charge in [-0.2, -0.15) is 13.2 Å². The summed E-state index contributed by atoms with van der Waals surface area (Å²) in [5.41, 5.74) is -1.51. The van der Waals surface area contributed by atoms with Crippen LogP contribution in [0.2, 0.25) is 0 Å². The van der Waals surface area contributed by atoms with Crippen LogP contribution in [0.1, 0.15) is 30.9 Å². The van der Waals surface area contributed by atoms with Crippen molar-refractivity contribution in [2.24, 2.45) is 5.92 Å². The number of nitrogens with one attached hydrogen (secondary N) is 2. The molecule has 1 atom stereocenters. The number of carbonyl (C=O) groups is 3. The average Bonchev–Trinajstić information content (AvgIpc) is 3.39. The molecule has 1 aliphatic carbocycles. The van der Waals surface area contributed by atoms with Gasteiger partial charge in [-0.25, -0.2) is 4.79 Å². The minimum absolute atomic E-state index is 0.0807. The third-order valence-electron chi connectivity index (χ3n) is 4.74. The largest absolute Gasteiger partial charge is 0.416 e. The maximum atomic E-state index is 12.7. The maximum Gasteiger partial charge on any atom is 0.416 e. The van der Waals surface area contributed by atoms with Crippen LogP contribution in [0.3, 0.4) is 0 Å². The van der Waals surface area contributed by atoms with Crippen LogP contribution in [0.15, 0.2) is 24.3 Å². The molecule has 1 aromatic rings.